The highest BCUT2D eigenvalue weighted by Gasteiger charge is 2.33. The number of amides is 1. The van der Waals surface area contributed by atoms with Gasteiger partial charge in [-0.25, -0.2) is 8.42 Å². The lowest BCUT2D eigenvalue weighted by atomic mass is 10.2. The lowest BCUT2D eigenvalue weighted by Crippen LogP contribution is -2.33. The van der Waals surface area contributed by atoms with Gasteiger partial charge < -0.3 is 10.2 Å². The van der Waals surface area contributed by atoms with Crippen LogP contribution in [0.15, 0.2) is 23.1 Å². The highest BCUT2D eigenvalue weighted by atomic mass is 32.2. The molecule has 1 fully saturated rings. The van der Waals surface area contributed by atoms with E-state index in [1.165, 1.54) is 11.2 Å². The summed E-state index contributed by atoms with van der Waals surface area (Å²) in [7, 11) is -1.65. The van der Waals surface area contributed by atoms with Crippen LogP contribution >= 0.6 is 0 Å². The molecule has 6 nitrogen and oxygen atoms in total. The summed E-state index contributed by atoms with van der Waals surface area (Å²) in [6.07, 6.45) is 1.60. The van der Waals surface area contributed by atoms with Crippen molar-refractivity contribution in [1.82, 2.24) is 9.62 Å². The Balaban J connectivity index is 1.93. The van der Waals surface area contributed by atoms with Gasteiger partial charge in [-0.1, -0.05) is 6.07 Å². The average Bonchev–Trinajstić information content (AvgIpc) is 3.13. The molecule has 0 radical (unpaired) electrons. The van der Waals surface area contributed by atoms with Crippen molar-refractivity contribution in [2.24, 2.45) is 0 Å². The molecule has 2 aliphatic rings. The van der Waals surface area contributed by atoms with E-state index in [-0.39, 0.29) is 16.8 Å². The van der Waals surface area contributed by atoms with Crippen molar-refractivity contribution in [2.45, 2.75) is 30.7 Å². The van der Waals surface area contributed by atoms with E-state index in [9.17, 15) is 13.2 Å². The van der Waals surface area contributed by atoms with Crippen LogP contribution in [0.1, 0.15) is 18.9 Å². The van der Waals surface area contributed by atoms with Gasteiger partial charge in [0.05, 0.1) is 4.90 Å². The number of nitrogens with one attached hydrogen (secondary N) is 1. The average molecular weight is 323 g/mol. The number of anilines is 1. The number of hydrogen-bond acceptors (Lipinski definition) is 4. The second-order valence-corrected chi connectivity index (χ2v) is 7.79. The fourth-order valence-corrected chi connectivity index (χ4v) is 4.70. The van der Waals surface area contributed by atoms with Crippen molar-refractivity contribution in [3.05, 3.63) is 23.8 Å². The third-order valence-electron chi connectivity index (χ3n) is 4.53. The van der Waals surface area contributed by atoms with Gasteiger partial charge in [-0.05, 0) is 37.6 Å². The summed E-state index contributed by atoms with van der Waals surface area (Å²) in [5.41, 5.74) is 1.77. The summed E-state index contributed by atoms with van der Waals surface area (Å²) in [6.45, 7) is 3.15. The van der Waals surface area contributed by atoms with Gasteiger partial charge >= 0.3 is 0 Å². The predicted molar refractivity (Wildman–Crippen MR) is 84.4 cm³/mol. The normalized spacial score (nSPS) is 22.1. The van der Waals surface area contributed by atoms with Crippen molar-refractivity contribution in [3.63, 3.8) is 0 Å². The van der Waals surface area contributed by atoms with Gasteiger partial charge in [0.25, 0.3) is 0 Å². The van der Waals surface area contributed by atoms with Crippen molar-refractivity contribution >= 4 is 21.6 Å². The fraction of sp³-hybridized carbons (Fsp3) is 0.533. The Morgan fingerprint density at radius 2 is 2.09 bits per heavy atom. The van der Waals surface area contributed by atoms with E-state index < -0.39 is 10.0 Å². The van der Waals surface area contributed by atoms with Crippen LogP contribution in [-0.4, -0.2) is 51.4 Å². The number of nitrogens with zero attached hydrogens (tertiary/aromatic N) is 2. The first-order chi connectivity index (χ1) is 10.4. The van der Waals surface area contributed by atoms with Crippen LogP contribution in [0.3, 0.4) is 0 Å². The zero-order valence-electron chi connectivity index (χ0n) is 12.9. The number of likely N-dealkylation sites (N-methyl/N-ethyl adjacent to an activating group) is 1. The number of rotatable bonds is 3. The van der Waals surface area contributed by atoms with Crippen LogP contribution in [0.25, 0.3) is 0 Å². The number of fused-ring (bicyclic) bond motifs is 1. The third-order valence-corrected chi connectivity index (χ3v) is 6.39. The molecule has 1 aromatic rings. The number of carbonyl (C=O) groups is 1. The molecule has 120 valence electrons. The summed E-state index contributed by atoms with van der Waals surface area (Å²) in [6, 6.07) is 5.34. The molecular weight excluding hydrogens is 302 g/mol. The van der Waals surface area contributed by atoms with Crippen LogP contribution in [0, 0.1) is 0 Å². The summed E-state index contributed by atoms with van der Waals surface area (Å²) in [4.78, 5) is 13.6. The first-order valence-corrected chi connectivity index (χ1v) is 8.96. The monoisotopic (exact) mass is 323 g/mol. The Morgan fingerprint density at radius 3 is 2.73 bits per heavy atom. The van der Waals surface area contributed by atoms with Gasteiger partial charge in [-0.15, -0.1) is 0 Å². The Hall–Kier alpha value is -1.44. The topological polar surface area (TPSA) is 69.7 Å². The zero-order valence-corrected chi connectivity index (χ0v) is 13.7. The maximum Gasteiger partial charge on any atom is 0.243 e. The molecule has 7 heteroatoms. The minimum Gasteiger partial charge on any atom is -0.316 e. The maximum absolute atomic E-state index is 12.8. The molecule has 0 aliphatic carbocycles. The highest BCUT2D eigenvalue weighted by molar-refractivity contribution is 7.89. The molecule has 0 aromatic heterocycles. The highest BCUT2D eigenvalue weighted by Crippen LogP contribution is 2.32. The quantitative estimate of drug-likeness (QED) is 0.883. The SMILES string of the molecule is CNC1CCN(S(=O)(=O)c2ccc3c(c2)N(C(C)=O)CC3)C1. The zero-order chi connectivity index (χ0) is 15.9. The lowest BCUT2D eigenvalue weighted by molar-refractivity contribution is -0.116. The van der Waals surface area contributed by atoms with Gasteiger partial charge in [0, 0.05) is 38.3 Å². The molecule has 3 rings (SSSR count). The van der Waals surface area contributed by atoms with Gasteiger partial charge in [0.15, 0.2) is 0 Å². The second kappa shape index (κ2) is 5.64. The van der Waals surface area contributed by atoms with Gasteiger partial charge in [0.2, 0.25) is 15.9 Å². The number of benzene rings is 1. The molecule has 0 bridgehead atoms. The molecule has 1 amide bonds. The minimum atomic E-state index is -3.50. The second-order valence-electron chi connectivity index (χ2n) is 5.85. The lowest BCUT2D eigenvalue weighted by Gasteiger charge is -2.19. The van der Waals surface area contributed by atoms with E-state index in [0.29, 0.717) is 19.6 Å². The molecule has 1 saturated heterocycles. The molecule has 1 N–H and O–H groups in total. The van der Waals surface area contributed by atoms with Crippen molar-refractivity contribution in [2.75, 3.05) is 31.6 Å². The Morgan fingerprint density at radius 1 is 1.32 bits per heavy atom. The van der Waals surface area contributed by atoms with E-state index in [1.807, 2.05) is 13.1 Å². The maximum atomic E-state index is 12.8. The van der Waals surface area contributed by atoms with E-state index in [0.717, 1.165) is 24.1 Å². The Kier molecular flexibility index (Phi) is 3.96. The van der Waals surface area contributed by atoms with Crippen LogP contribution in [0.2, 0.25) is 0 Å². The third kappa shape index (κ3) is 2.53. The Bertz CT molecular complexity index is 702. The standard InChI is InChI=1S/C15H21N3O3S/c1-11(19)18-8-5-12-3-4-14(9-15(12)18)22(20,21)17-7-6-13(10-17)16-2/h3-4,9,13,16H,5-8,10H2,1-2H3. The summed E-state index contributed by atoms with van der Waals surface area (Å²) in [5.74, 6) is -0.0512. The summed E-state index contributed by atoms with van der Waals surface area (Å²) < 4.78 is 27.1. The van der Waals surface area contributed by atoms with Gasteiger partial charge in [-0.3, -0.25) is 4.79 Å². The van der Waals surface area contributed by atoms with E-state index in [1.54, 1.807) is 17.0 Å². The molecular formula is C15H21N3O3S. The number of hydrogen-bond donors (Lipinski definition) is 1. The molecule has 22 heavy (non-hydrogen) atoms. The van der Waals surface area contributed by atoms with Gasteiger partial charge in [-0.2, -0.15) is 4.31 Å². The Labute approximate surface area is 131 Å². The minimum absolute atomic E-state index is 0.0512. The van der Waals surface area contributed by atoms with Crippen LogP contribution < -0.4 is 10.2 Å². The molecule has 1 aromatic carbocycles. The van der Waals surface area contributed by atoms with Crippen LogP contribution in [0.4, 0.5) is 5.69 Å². The smallest absolute Gasteiger partial charge is 0.243 e. The molecule has 1 unspecified atom stereocenters. The molecule has 1 atom stereocenters. The van der Waals surface area contributed by atoms with E-state index in [2.05, 4.69) is 5.32 Å². The first-order valence-electron chi connectivity index (χ1n) is 7.52. The van der Waals surface area contributed by atoms with Crippen LogP contribution in [0.5, 0.6) is 0 Å². The number of sulfonamides is 1. The van der Waals surface area contributed by atoms with Crippen molar-refractivity contribution in [1.29, 1.82) is 0 Å². The molecule has 2 heterocycles. The van der Waals surface area contributed by atoms with Gasteiger partial charge in [0.1, 0.15) is 0 Å². The largest absolute Gasteiger partial charge is 0.316 e. The molecule has 0 spiro atoms. The fourth-order valence-electron chi connectivity index (χ4n) is 3.18. The molecule has 2 aliphatic heterocycles. The van der Waals surface area contributed by atoms with Crippen molar-refractivity contribution in [3.8, 4) is 0 Å². The first kappa shape index (κ1) is 15.5. The van der Waals surface area contributed by atoms with Crippen molar-refractivity contribution < 1.29 is 13.2 Å². The summed E-state index contributed by atoms with van der Waals surface area (Å²) in [5, 5.41) is 3.12. The summed E-state index contributed by atoms with van der Waals surface area (Å²) >= 11 is 0. The van der Waals surface area contributed by atoms with E-state index >= 15 is 0 Å². The van der Waals surface area contributed by atoms with Crippen LogP contribution in [-0.2, 0) is 21.2 Å². The number of carbonyl (C=O) groups excluding carboxylic acids is 1. The molecule has 0 saturated carbocycles. The van der Waals surface area contributed by atoms with E-state index in [4.69, 9.17) is 0 Å². The predicted octanol–water partition coefficient (Wildman–Crippen LogP) is 0.578.